The summed E-state index contributed by atoms with van der Waals surface area (Å²) in [5.41, 5.74) is 2.73. The average Bonchev–Trinajstić information content (AvgIpc) is 2.92. The molecule has 1 aromatic carbocycles. The van der Waals surface area contributed by atoms with Gasteiger partial charge in [-0.1, -0.05) is 6.07 Å². The summed E-state index contributed by atoms with van der Waals surface area (Å²) < 4.78 is 10.5. The largest absolute Gasteiger partial charge is 0.484 e. The zero-order chi connectivity index (χ0) is 14.2. The molecule has 0 unspecified atom stereocenters. The Morgan fingerprint density at radius 2 is 2.10 bits per heavy atom. The smallest absolute Gasteiger partial charge is 0.258 e. The Kier molecular flexibility index (Phi) is 5.83. The molecule has 5 heteroatoms. The lowest BCUT2D eigenvalue weighted by Crippen LogP contribution is -2.31. The van der Waals surface area contributed by atoms with Crippen LogP contribution < -0.4 is 10.1 Å². The number of ether oxygens (including phenoxy) is 2. The number of nitrogens with one attached hydrogen (secondary N) is 1. The molecule has 0 atom stereocenters. The molecule has 2 rings (SSSR count). The van der Waals surface area contributed by atoms with Crippen LogP contribution in [0.4, 0.5) is 0 Å². The third kappa shape index (κ3) is 4.51. The summed E-state index contributed by atoms with van der Waals surface area (Å²) in [6, 6.07) is 6.03. The van der Waals surface area contributed by atoms with Gasteiger partial charge in [0.2, 0.25) is 0 Å². The average molecular weight is 279 g/mol. The molecule has 0 spiro atoms. The number of hydrogen-bond donors (Lipinski definition) is 2. The van der Waals surface area contributed by atoms with Crippen LogP contribution in [-0.2, 0) is 22.4 Å². The SMILES string of the molecule is O=C(COc1ccc2c(c1)CCC2)NCCOCCO. The molecule has 2 N–H and O–H groups in total. The van der Waals surface area contributed by atoms with E-state index in [-0.39, 0.29) is 19.1 Å². The molecular formula is C15H21NO4. The van der Waals surface area contributed by atoms with Gasteiger partial charge in [-0.25, -0.2) is 0 Å². The summed E-state index contributed by atoms with van der Waals surface area (Å²) in [5.74, 6) is 0.579. The number of hydrogen-bond acceptors (Lipinski definition) is 4. The lowest BCUT2D eigenvalue weighted by molar-refractivity contribution is -0.123. The molecule has 5 nitrogen and oxygen atoms in total. The molecular weight excluding hydrogens is 258 g/mol. The zero-order valence-corrected chi connectivity index (χ0v) is 11.6. The first-order valence-corrected chi connectivity index (χ1v) is 6.99. The third-order valence-electron chi connectivity index (χ3n) is 3.24. The number of aryl methyl sites for hydroxylation is 2. The third-order valence-corrected chi connectivity index (χ3v) is 3.24. The van der Waals surface area contributed by atoms with Gasteiger partial charge >= 0.3 is 0 Å². The molecule has 1 aliphatic rings. The molecule has 1 aromatic rings. The molecule has 0 saturated heterocycles. The van der Waals surface area contributed by atoms with Crippen LogP contribution in [0.3, 0.4) is 0 Å². The molecule has 0 heterocycles. The summed E-state index contributed by atoms with van der Waals surface area (Å²) in [5, 5.41) is 11.2. The number of carbonyl (C=O) groups excluding carboxylic acids is 1. The molecule has 20 heavy (non-hydrogen) atoms. The van der Waals surface area contributed by atoms with E-state index in [1.807, 2.05) is 12.1 Å². The monoisotopic (exact) mass is 279 g/mol. The first-order chi connectivity index (χ1) is 9.79. The van der Waals surface area contributed by atoms with Crippen molar-refractivity contribution in [1.82, 2.24) is 5.32 Å². The lowest BCUT2D eigenvalue weighted by atomic mass is 10.1. The highest BCUT2D eigenvalue weighted by Gasteiger charge is 2.11. The Morgan fingerprint density at radius 1 is 1.25 bits per heavy atom. The molecule has 0 fully saturated rings. The van der Waals surface area contributed by atoms with Crippen LogP contribution in [0.5, 0.6) is 5.75 Å². The number of aliphatic hydroxyl groups is 1. The van der Waals surface area contributed by atoms with E-state index in [1.54, 1.807) is 0 Å². The Hall–Kier alpha value is -1.59. The Morgan fingerprint density at radius 3 is 2.95 bits per heavy atom. The van der Waals surface area contributed by atoms with Crippen LogP contribution >= 0.6 is 0 Å². The number of benzene rings is 1. The summed E-state index contributed by atoms with van der Waals surface area (Å²) in [4.78, 5) is 11.5. The van der Waals surface area contributed by atoms with E-state index in [0.29, 0.717) is 19.8 Å². The standard InChI is InChI=1S/C15H21NO4/c17-7-9-19-8-6-16-15(18)11-20-14-5-4-12-2-1-3-13(12)10-14/h4-5,10,17H,1-3,6-9,11H2,(H,16,18). The Bertz CT molecular complexity index is 447. The maximum absolute atomic E-state index is 11.5. The summed E-state index contributed by atoms with van der Waals surface area (Å²) >= 11 is 0. The van der Waals surface area contributed by atoms with E-state index in [1.165, 1.54) is 17.5 Å². The van der Waals surface area contributed by atoms with Crippen molar-refractivity contribution >= 4 is 5.91 Å². The van der Waals surface area contributed by atoms with E-state index >= 15 is 0 Å². The molecule has 0 aromatic heterocycles. The van der Waals surface area contributed by atoms with E-state index in [0.717, 1.165) is 18.6 Å². The fourth-order valence-electron chi connectivity index (χ4n) is 2.27. The quantitative estimate of drug-likeness (QED) is 0.687. The van der Waals surface area contributed by atoms with Gasteiger partial charge in [0, 0.05) is 6.54 Å². The second-order valence-corrected chi connectivity index (χ2v) is 4.76. The first-order valence-electron chi connectivity index (χ1n) is 6.99. The molecule has 1 amide bonds. The molecule has 110 valence electrons. The van der Waals surface area contributed by atoms with Crippen molar-refractivity contribution in [2.45, 2.75) is 19.3 Å². The molecule has 0 saturated carbocycles. The molecule has 0 radical (unpaired) electrons. The number of carbonyl (C=O) groups is 1. The Labute approximate surface area is 118 Å². The number of amides is 1. The van der Waals surface area contributed by atoms with Crippen molar-refractivity contribution in [1.29, 1.82) is 0 Å². The van der Waals surface area contributed by atoms with Gasteiger partial charge in [-0.3, -0.25) is 4.79 Å². The minimum atomic E-state index is -0.168. The highest BCUT2D eigenvalue weighted by molar-refractivity contribution is 5.77. The van der Waals surface area contributed by atoms with E-state index < -0.39 is 0 Å². The van der Waals surface area contributed by atoms with Gasteiger partial charge in [0.15, 0.2) is 6.61 Å². The van der Waals surface area contributed by atoms with Crippen molar-refractivity contribution in [3.63, 3.8) is 0 Å². The zero-order valence-electron chi connectivity index (χ0n) is 11.6. The molecule has 1 aliphatic carbocycles. The topological polar surface area (TPSA) is 67.8 Å². The van der Waals surface area contributed by atoms with Crippen molar-refractivity contribution in [3.05, 3.63) is 29.3 Å². The highest BCUT2D eigenvalue weighted by atomic mass is 16.5. The van der Waals surface area contributed by atoms with Crippen LogP contribution in [0.25, 0.3) is 0 Å². The van der Waals surface area contributed by atoms with Gasteiger partial charge in [-0.15, -0.1) is 0 Å². The number of fused-ring (bicyclic) bond motifs is 1. The second kappa shape index (κ2) is 7.87. The predicted molar refractivity (Wildman–Crippen MR) is 74.9 cm³/mol. The van der Waals surface area contributed by atoms with Crippen LogP contribution in [0.1, 0.15) is 17.5 Å². The van der Waals surface area contributed by atoms with Crippen LogP contribution in [-0.4, -0.2) is 44.0 Å². The van der Waals surface area contributed by atoms with Crippen molar-refractivity contribution in [3.8, 4) is 5.75 Å². The predicted octanol–water partition coefficient (Wildman–Crippen LogP) is 0.679. The molecule has 0 aliphatic heterocycles. The lowest BCUT2D eigenvalue weighted by Gasteiger charge is -2.09. The van der Waals surface area contributed by atoms with Gasteiger partial charge in [-0.05, 0) is 42.5 Å². The maximum atomic E-state index is 11.5. The van der Waals surface area contributed by atoms with Gasteiger partial charge in [0.1, 0.15) is 5.75 Å². The fourth-order valence-corrected chi connectivity index (χ4v) is 2.27. The van der Waals surface area contributed by atoms with Crippen molar-refractivity contribution in [2.75, 3.05) is 33.0 Å². The van der Waals surface area contributed by atoms with Gasteiger partial charge in [0.05, 0.1) is 19.8 Å². The van der Waals surface area contributed by atoms with E-state index in [9.17, 15) is 4.79 Å². The van der Waals surface area contributed by atoms with Gasteiger partial charge < -0.3 is 19.9 Å². The van der Waals surface area contributed by atoms with Crippen molar-refractivity contribution in [2.24, 2.45) is 0 Å². The number of rotatable bonds is 8. The summed E-state index contributed by atoms with van der Waals surface area (Å²) in [6.45, 7) is 1.12. The van der Waals surface area contributed by atoms with Crippen LogP contribution in [0.15, 0.2) is 18.2 Å². The first kappa shape index (κ1) is 14.8. The van der Waals surface area contributed by atoms with Crippen LogP contribution in [0, 0.1) is 0 Å². The summed E-state index contributed by atoms with van der Waals surface area (Å²) in [7, 11) is 0. The molecule has 0 bridgehead atoms. The minimum Gasteiger partial charge on any atom is -0.484 e. The van der Waals surface area contributed by atoms with Crippen LogP contribution in [0.2, 0.25) is 0 Å². The highest BCUT2D eigenvalue weighted by Crippen LogP contribution is 2.25. The fraction of sp³-hybridized carbons (Fsp3) is 0.533. The number of aliphatic hydroxyl groups excluding tert-OH is 1. The van der Waals surface area contributed by atoms with E-state index in [2.05, 4.69) is 11.4 Å². The van der Waals surface area contributed by atoms with Gasteiger partial charge in [0.25, 0.3) is 5.91 Å². The second-order valence-electron chi connectivity index (χ2n) is 4.76. The minimum absolute atomic E-state index is 0.00458. The van der Waals surface area contributed by atoms with Crippen molar-refractivity contribution < 1.29 is 19.4 Å². The summed E-state index contributed by atoms with van der Waals surface area (Å²) in [6.07, 6.45) is 3.44. The maximum Gasteiger partial charge on any atom is 0.258 e. The van der Waals surface area contributed by atoms with Gasteiger partial charge in [-0.2, -0.15) is 0 Å². The Balaban J connectivity index is 1.66. The van der Waals surface area contributed by atoms with E-state index in [4.69, 9.17) is 14.6 Å². The normalized spacial score (nSPS) is 13.1.